The maximum atomic E-state index is 12.9. The van der Waals surface area contributed by atoms with E-state index in [4.69, 9.17) is 9.15 Å². The Morgan fingerprint density at radius 3 is 2.55 bits per heavy atom. The molecule has 0 bridgehead atoms. The number of anilines is 1. The SMILES string of the molecule is COc1ccc(C(=O)c2oc3cc(NC(=O)c4cnccn4)ccc3c2C)cc1. The lowest BCUT2D eigenvalue weighted by atomic mass is 10.0. The summed E-state index contributed by atoms with van der Waals surface area (Å²) in [5.74, 6) is 0.343. The molecule has 0 aliphatic heterocycles. The second kappa shape index (κ2) is 7.55. The first-order valence-corrected chi connectivity index (χ1v) is 8.86. The van der Waals surface area contributed by atoms with Gasteiger partial charge in [-0.15, -0.1) is 0 Å². The minimum absolute atomic E-state index is 0.207. The van der Waals surface area contributed by atoms with Crippen molar-refractivity contribution < 1.29 is 18.7 Å². The van der Waals surface area contributed by atoms with Gasteiger partial charge < -0.3 is 14.5 Å². The molecule has 7 heteroatoms. The molecular formula is C22H17N3O4. The van der Waals surface area contributed by atoms with E-state index in [0.717, 1.165) is 10.9 Å². The number of rotatable bonds is 5. The third-order valence-electron chi connectivity index (χ3n) is 4.55. The van der Waals surface area contributed by atoms with Gasteiger partial charge >= 0.3 is 0 Å². The lowest BCUT2D eigenvalue weighted by molar-refractivity contribution is 0.100. The predicted molar refractivity (Wildman–Crippen MR) is 107 cm³/mol. The number of carbonyl (C=O) groups is 2. The lowest BCUT2D eigenvalue weighted by Gasteiger charge is -2.03. The number of hydrogen-bond acceptors (Lipinski definition) is 6. The number of furan rings is 1. The van der Waals surface area contributed by atoms with Gasteiger partial charge in [-0.25, -0.2) is 4.98 Å². The molecule has 2 aromatic carbocycles. The smallest absolute Gasteiger partial charge is 0.275 e. The van der Waals surface area contributed by atoms with E-state index in [1.54, 1.807) is 43.5 Å². The van der Waals surface area contributed by atoms with Gasteiger partial charge in [0.25, 0.3) is 5.91 Å². The number of aryl methyl sites for hydroxylation is 1. The van der Waals surface area contributed by atoms with Crippen molar-refractivity contribution in [2.75, 3.05) is 12.4 Å². The molecule has 2 heterocycles. The molecule has 0 spiro atoms. The summed E-state index contributed by atoms with van der Waals surface area (Å²) < 4.78 is 11.0. The van der Waals surface area contributed by atoms with E-state index in [-0.39, 0.29) is 23.1 Å². The number of aromatic nitrogens is 2. The number of fused-ring (bicyclic) bond motifs is 1. The third kappa shape index (κ3) is 3.58. The first-order valence-electron chi connectivity index (χ1n) is 8.86. The van der Waals surface area contributed by atoms with Crippen LogP contribution in [-0.4, -0.2) is 28.8 Å². The fourth-order valence-electron chi connectivity index (χ4n) is 3.00. The van der Waals surface area contributed by atoms with Crippen LogP contribution in [-0.2, 0) is 0 Å². The van der Waals surface area contributed by atoms with E-state index >= 15 is 0 Å². The maximum Gasteiger partial charge on any atom is 0.275 e. The molecule has 144 valence electrons. The normalized spacial score (nSPS) is 10.7. The molecule has 0 fully saturated rings. The second-order valence-electron chi connectivity index (χ2n) is 6.37. The summed E-state index contributed by atoms with van der Waals surface area (Å²) in [7, 11) is 1.57. The van der Waals surface area contributed by atoms with Gasteiger partial charge in [-0.2, -0.15) is 0 Å². The molecule has 0 aliphatic rings. The number of benzene rings is 2. The fourth-order valence-corrected chi connectivity index (χ4v) is 3.00. The van der Waals surface area contributed by atoms with Crippen molar-refractivity contribution in [1.82, 2.24) is 9.97 Å². The summed E-state index contributed by atoms with van der Waals surface area (Å²) in [6, 6.07) is 12.1. The largest absolute Gasteiger partial charge is 0.497 e. The highest BCUT2D eigenvalue weighted by Gasteiger charge is 2.20. The predicted octanol–water partition coefficient (Wildman–Crippen LogP) is 4.02. The monoisotopic (exact) mass is 387 g/mol. The Labute approximate surface area is 166 Å². The second-order valence-corrected chi connectivity index (χ2v) is 6.37. The third-order valence-corrected chi connectivity index (χ3v) is 4.55. The summed E-state index contributed by atoms with van der Waals surface area (Å²) in [6.45, 7) is 1.83. The van der Waals surface area contributed by atoms with Crippen molar-refractivity contribution in [3.05, 3.63) is 83.6 Å². The van der Waals surface area contributed by atoms with Crippen LogP contribution in [0.3, 0.4) is 0 Å². The van der Waals surface area contributed by atoms with Crippen LogP contribution in [0.5, 0.6) is 5.75 Å². The highest BCUT2D eigenvalue weighted by molar-refractivity contribution is 6.11. The molecule has 0 saturated heterocycles. The van der Waals surface area contributed by atoms with Gasteiger partial charge in [0.05, 0.1) is 13.3 Å². The van der Waals surface area contributed by atoms with Crippen LogP contribution in [0.4, 0.5) is 5.69 Å². The fraction of sp³-hybridized carbons (Fsp3) is 0.0909. The van der Waals surface area contributed by atoms with Crippen molar-refractivity contribution >= 4 is 28.3 Å². The highest BCUT2D eigenvalue weighted by Crippen LogP contribution is 2.29. The Balaban J connectivity index is 1.63. The van der Waals surface area contributed by atoms with Gasteiger partial charge in [-0.05, 0) is 43.3 Å². The standard InChI is InChI=1S/C22H17N3O4/c1-13-17-8-5-15(25-22(27)18-12-23-9-10-24-18)11-19(17)29-21(13)20(26)14-3-6-16(28-2)7-4-14/h3-12H,1-2H3,(H,25,27). The van der Waals surface area contributed by atoms with Gasteiger partial charge in [0.2, 0.25) is 5.78 Å². The number of ether oxygens (including phenoxy) is 1. The molecule has 0 radical (unpaired) electrons. The Morgan fingerprint density at radius 2 is 1.86 bits per heavy atom. The number of carbonyl (C=O) groups excluding carboxylic acids is 2. The van der Waals surface area contributed by atoms with Crippen LogP contribution in [0.15, 0.2) is 65.5 Å². The van der Waals surface area contributed by atoms with Crippen molar-refractivity contribution in [3.63, 3.8) is 0 Å². The topological polar surface area (TPSA) is 94.3 Å². The molecular weight excluding hydrogens is 370 g/mol. The minimum Gasteiger partial charge on any atom is -0.497 e. The number of nitrogens with zero attached hydrogens (tertiary/aromatic N) is 2. The van der Waals surface area contributed by atoms with E-state index in [1.807, 2.05) is 13.0 Å². The quantitative estimate of drug-likeness (QED) is 0.520. The molecule has 29 heavy (non-hydrogen) atoms. The number of amides is 1. The van der Waals surface area contributed by atoms with Gasteiger partial charge in [-0.1, -0.05) is 0 Å². The number of methoxy groups -OCH3 is 1. The zero-order chi connectivity index (χ0) is 20.4. The molecule has 0 atom stereocenters. The van der Waals surface area contributed by atoms with Crippen molar-refractivity contribution in [2.24, 2.45) is 0 Å². The average molecular weight is 387 g/mol. The van der Waals surface area contributed by atoms with Gasteiger partial charge in [-0.3, -0.25) is 14.6 Å². The van der Waals surface area contributed by atoms with Gasteiger partial charge in [0.1, 0.15) is 17.0 Å². The maximum absolute atomic E-state index is 12.9. The summed E-state index contributed by atoms with van der Waals surface area (Å²) in [5.41, 5.74) is 2.50. The van der Waals surface area contributed by atoms with E-state index in [2.05, 4.69) is 15.3 Å². The number of ketones is 1. The summed E-state index contributed by atoms with van der Waals surface area (Å²) in [6.07, 6.45) is 4.33. The summed E-state index contributed by atoms with van der Waals surface area (Å²) >= 11 is 0. The molecule has 0 saturated carbocycles. The van der Waals surface area contributed by atoms with Crippen LogP contribution in [0.2, 0.25) is 0 Å². The molecule has 7 nitrogen and oxygen atoms in total. The Hall–Kier alpha value is -4.00. The van der Waals surface area contributed by atoms with Gasteiger partial charge in [0, 0.05) is 40.7 Å². The number of hydrogen-bond donors (Lipinski definition) is 1. The van der Waals surface area contributed by atoms with Crippen molar-refractivity contribution in [3.8, 4) is 5.75 Å². The molecule has 1 amide bonds. The van der Waals surface area contributed by atoms with Gasteiger partial charge in [0.15, 0.2) is 5.76 Å². The molecule has 4 aromatic rings. The van der Waals surface area contributed by atoms with Crippen LogP contribution in [0.25, 0.3) is 11.0 Å². The van der Waals surface area contributed by atoms with E-state index < -0.39 is 0 Å². The van der Waals surface area contributed by atoms with Crippen molar-refractivity contribution in [1.29, 1.82) is 0 Å². The molecule has 4 rings (SSSR count). The molecule has 1 N–H and O–H groups in total. The van der Waals surface area contributed by atoms with Crippen LogP contribution in [0, 0.1) is 6.92 Å². The van der Waals surface area contributed by atoms with E-state index in [9.17, 15) is 9.59 Å². The lowest BCUT2D eigenvalue weighted by Crippen LogP contribution is -2.13. The van der Waals surface area contributed by atoms with Crippen LogP contribution in [0.1, 0.15) is 32.2 Å². The summed E-state index contributed by atoms with van der Waals surface area (Å²) in [5, 5.41) is 3.56. The zero-order valence-corrected chi connectivity index (χ0v) is 15.8. The molecule has 0 aliphatic carbocycles. The Kier molecular flexibility index (Phi) is 4.78. The first kappa shape index (κ1) is 18.4. The Bertz CT molecular complexity index is 1200. The van der Waals surface area contributed by atoms with Crippen molar-refractivity contribution in [2.45, 2.75) is 6.92 Å². The summed E-state index contributed by atoms with van der Waals surface area (Å²) in [4.78, 5) is 33.0. The average Bonchev–Trinajstić information content (AvgIpc) is 3.09. The minimum atomic E-state index is -0.379. The van der Waals surface area contributed by atoms with Crippen LogP contribution >= 0.6 is 0 Å². The number of nitrogens with one attached hydrogen (secondary N) is 1. The molecule has 0 unspecified atom stereocenters. The highest BCUT2D eigenvalue weighted by atomic mass is 16.5. The zero-order valence-electron chi connectivity index (χ0n) is 15.8. The van der Waals surface area contributed by atoms with Crippen LogP contribution < -0.4 is 10.1 Å². The molecule has 2 aromatic heterocycles. The van der Waals surface area contributed by atoms with E-state index in [1.165, 1.54) is 18.6 Å². The first-order chi connectivity index (χ1) is 14.1. The van der Waals surface area contributed by atoms with E-state index in [0.29, 0.717) is 22.6 Å². The Morgan fingerprint density at radius 1 is 1.07 bits per heavy atom.